The van der Waals surface area contributed by atoms with Gasteiger partial charge in [0.1, 0.15) is 0 Å². The second-order valence-corrected chi connectivity index (χ2v) is 7.06. The Morgan fingerprint density at radius 2 is 2.00 bits per heavy atom. The van der Waals surface area contributed by atoms with Crippen LogP contribution in [0.15, 0.2) is 18.2 Å². The molecule has 0 aliphatic heterocycles. The van der Waals surface area contributed by atoms with Gasteiger partial charge >= 0.3 is 0 Å². The standard InChI is InChI=1S/C11H13ClO2S/c1-7-3-4-8(2)9(5-7)10-6-11(10)15(12,13)14/h3-5,10-11H,6H2,1-2H3/t10-,11+/m0/s1. The van der Waals surface area contributed by atoms with E-state index in [1.807, 2.05) is 26.0 Å². The van der Waals surface area contributed by atoms with E-state index in [1.165, 1.54) is 0 Å². The lowest BCUT2D eigenvalue weighted by molar-refractivity contribution is 0.607. The summed E-state index contributed by atoms with van der Waals surface area (Å²) < 4.78 is 22.3. The average Bonchev–Trinajstić information content (AvgIpc) is 2.87. The number of rotatable bonds is 2. The lowest BCUT2D eigenvalue weighted by Crippen LogP contribution is -2.00. The lowest BCUT2D eigenvalue weighted by Gasteiger charge is -2.05. The molecule has 0 N–H and O–H groups in total. The van der Waals surface area contributed by atoms with Crippen LogP contribution in [0.3, 0.4) is 0 Å². The molecular formula is C11H13ClO2S. The third-order valence-corrected chi connectivity index (χ3v) is 4.86. The zero-order valence-corrected chi connectivity index (χ0v) is 10.3. The summed E-state index contributed by atoms with van der Waals surface area (Å²) in [5, 5.41) is -0.375. The van der Waals surface area contributed by atoms with Gasteiger partial charge in [0, 0.05) is 16.6 Å². The van der Waals surface area contributed by atoms with Gasteiger partial charge in [-0.25, -0.2) is 8.42 Å². The third-order valence-electron chi connectivity index (χ3n) is 2.93. The number of hydrogen-bond donors (Lipinski definition) is 0. The van der Waals surface area contributed by atoms with Crippen molar-refractivity contribution in [3.05, 3.63) is 34.9 Å². The highest BCUT2D eigenvalue weighted by Gasteiger charge is 2.47. The van der Waals surface area contributed by atoms with Gasteiger partial charge in [0.05, 0.1) is 5.25 Å². The van der Waals surface area contributed by atoms with Gasteiger partial charge in [-0.2, -0.15) is 0 Å². The molecule has 0 heterocycles. The zero-order valence-electron chi connectivity index (χ0n) is 8.70. The topological polar surface area (TPSA) is 34.1 Å². The Balaban J connectivity index is 2.31. The molecule has 0 radical (unpaired) electrons. The first-order chi connectivity index (χ1) is 6.89. The molecule has 2 rings (SSSR count). The van der Waals surface area contributed by atoms with Crippen LogP contribution < -0.4 is 0 Å². The summed E-state index contributed by atoms with van der Waals surface area (Å²) >= 11 is 0. The van der Waals surface area contributed by atoms with Crippen molar-refractivity contribution in [2.75, 3.05) is 0 Å². The summed E-state index contributed by atoms with van der Waals surface area (Å²) in [5.74, 6) is 0.104. The number of aryl methyl sites for hydroxylation is 2. The van der Waals surface area contributed by atoms with E-state index in [2.05, 4.69) is 6.07 Å². The molecule has 0 amide bonds. The normalized spacial score (nSPS) is 25.3. The summed E-state index contributed by atoms with van der Waals surface area (Å²) in [4.78, 5) is 0. The van der Waals surface area contributed by atoms with E-state index in [9.17, 15) is 8.42 Å². The molecular weight excluding hydrogens is 232 g/mol. The van der Waals surface area contributed by atoms with E-state index in [-0.39, 0.29) is 11.2 Å². The summed E-state index contributed by atoms with van der Waals surface area (Å²) in [7, 11) is 1.96. The zero-order chi connectivity index (χ0) is 11.2. The smallest absolute Gasteiger partial charge is 0.212 e. The van der Waals surface area contributed by atoms with Crippen LogP contribution in [0.1, 0.15) is 29.0 Å². The van der Waals surface area contributed by atoms with Crippen LogP contribution >= 0.6 is 10.7 Å². The minimum atomic E-state index is -3.38. The van der Waals surface area contributed by atoms with Crippen LogP contribution in [0, 0.1) is 13.8 Å². The monoisotopic (exact) mass is 244 g/mol. The first-order valence-electron chi connectivity index (χ1n) is 4.90. The lowest BCUT2D eigenvalue weighted by atomic mass is 10.0. The molecule has 0 bridgehead atoms. The Hall–Kier alpha value is -0.540. The van der Waals surface area contributed by atoms with E-state index in [0.29, 0.717) is 6.42 Å². The molecule has 1 aliphatic carbocycles. The van der Waals surface area contributed by atoms with E-state index in [1.54, 1.807) is 0 Å². The minimum Gasteiger partial charge on any atom is -0.212 e. The largest absolute Gasteiger partial charge is 0.236 e. The van der Waals surface area contributed by atoms with E-state index in [0.717, 1.165) is 16.7 Å². The summed E-state index contributed by atoms with van der Waals surface area (Å²) in [5.41, 5.74) is 3.44. The highest BCUT2D eigenvalue weighted by atomic mass is 35.7. The molecule has 2 nitrogen and oxygen atoms in total. The van der Waals surface area contributed by atoms with E-state index < -0.39 is 9.05 Å². The highest BCUT2D eigenvalue weighted by molar-refractivity contribution is 8.14. The molecule has 0 unspecified atom stereocenters. The predicted octanol–water partition coefficient (Wildman–Crippen LogP) is 2.73. The predicted molar refractivity (Wildman–Crippen MR) is 61.8 cm³/mol. The van der Waals surface area contributed by atoms with Gasteiger partial charge in [0.2, 0.25) is 9.05 Å². The first kappa shape index (κ1) is 11.0. The van der Waals surface area contributed by atoms with Gasteiger partial charge in [-0.05, 0) is 31.4 Å². The van der Waals surface area contributed by atoms with Crippen molar-refractivity contribution in [3.8, 4) is 0 Å². The summed E-state index contributed by atoms with van der Waals surface area (Å²) in [6.45, 7) is 4.01. The van der Waals surface area contributed by atoms with Crippen LogP contribution in [0.25, 0.3) is 0 Å². The van der Waals surface area contributed by atoms with E-state index >= 15 is 0 Å². The van der Waals surface area contributed by atoms with Crippen molar-refractivity contribution in [2.24, 2.45) is 0 Å². The quantitative estimate of drug-likeness (QED) is 0.750. The molecule has 1 aliphatic rings. The van der Waals surface area contributed by atoms with Crippen molar-refractivity contribution >= 4 is 19.7 Å². The van der Waals surface area contributed by atoms with Crippen molar-refractivity contribution < 1.29 is 8.42 Å². The molecule has 82 valence electrons. The summed E-state index contributed by atoms with van der Waals surface area (Å²) in [6.07, 6.45) is 0.663. The molecule has 2 atom stereocenters. The van der Waals surface area contributed by atoms with Crippen molar-refractivity contribution in [2.45, 2.75) is 31.4 Å². The fraction of sp³-hybridized carbons (Fsp3) is 0.455. The number of halogens is 1. The SMILES string of the molecule is Cc1ccc(C)c([C@@H]2C[C@H]2S(=O)(=O)Cl)c1. The minimum absolute atomic E-state index is 0.104. The maximum Gasteiger partial charge on any atom is 0.236 e. The van der Waals surface area contributed by atoms with Gasteiger partial charge in [0.25, 0.3) is 0 Å². The maximum absolute atomic E-state index is 11.1. The number of benzene rings is 1. The molecule has 0 saturated heterocycles. The average molecular weight is 245 g/mol. The third kappa shape index (κ3) is 2.18. The Bertz CT molecular complexity index is 493. The van der Waals surface area contributed by atoms with E-state index in [4.69, 9.17) is 10.7 Å². The van der Waals surface area contributed by atoms with Crippen LogP contribution in [-0.2, 0) is 9.05 Å². The molecule has 4 heteroatoms. The molecule has 0 aromatic heterocycles. The van der Waals surface area contributed by atoms with Gasteiger partial charge in [0.15, 0.2) is 0 Å². The van der Waals surface area contributed by atoms with Crippen molar-refractivity contribution in [1.29, 1.82) is 0 Å². The second-order valence-electron chi connectivity index (χ2n) is 4.22. The fourth-order valence-corrected chi connectivity index (χ4v) is 3.54. The highest BCUT2D eigenvalue weighted by Crippen LogP contribution is 2.48. The van der Waals surface area contributed by atoms with Crippen LogP contribution in [0.5, 0.6) is 0 Å². The Morgan fingerprint density at radius 1 is 1.33 bits per heavy atom. The van der Waals surface area contributed by atoms with Crippen LogP contribution in [0.2, 0.25) is 0 Å². The van der Waals surface area contributed by atoms with Gasteiger partial charge in [-0.3, -0.25) is 0 Å². The molecule has 1 aromatic carbocycles. The van der Waals surface area contributed by atoms with Crippen LogP contribution in [-0.4, -0.2) is 13.7 Å². The number of hydrogen-bond acceptors (Lipinski definition) is 2. The van der Waals surface area contributed by atoms with Crippen molar-refractivity contribution in [3.63, 3.8) is 0 Å². The molecule has 1 aromatic rings. The Labute approximate surface area is 94.7 Å². The van der Waals surface area contributed by atoms with Gasteiger partial charge in [-0.15, -0.1) is 0 Å². The van der Waals surface area contributed by atoms with Gasteiger partial charge in [-0.1, -0.05) is 23.8 Å². The Kier molecular flexibility index (Phi) is 2.55. The Morgan fingerprint density at radius 3 is 2.53 bits per heavy atom. The second kappa shape index (κ2) is 3.49. The molecule has 1 fully saturated rings. The van der Waals surface area contributed by atoms with Gasteiger partial charge < -0.3 is 0 Å². The first-order valence-corrected chi connectivity index (χ1v) is 7.27. The molecule has 0 spiro atoms. The molecule has 15 heavy (non-hydrogen) atoms. The fourth-order valence-electron chi connectivity index (χ4n) is 1.97. The molecule has 1 saturated carbocycles. The van der Waals surface area contributed by atoms with Crippen molar-refractivity contribution in [1.82, 2.24) is 0 Å². The van der Waals surface area contributed by atoms with Crippen LogP contribution in [0.4, 0.5) is 0 Å². The maximum atomic E-state index is 11.1. The summed E-state index contributed by atoms with van der Waals surface area (Å²) in [6, 6.07) is 6.12.